The van der Waals surface area contributed by atoms with Gasteiger partial charge in [-0.3, -0.25) is 35.7 Å². The molecule has 0 saturated carbocycles. The van der Waals surface area contributed by atoms with E-state index in [0.29, 0.717) is 28.4 Å². The summed E-state index contributed by atoms with van der Waals surface area (Å²) >= 11 is 4.60. The van der Waals surface area contributed by atoms with Crippen LogP contribution >= 0.6 is 11.6 Å². The molecule has 2 amide bonds. The van der Waals surface area contributed by atoms with Crippen LogP contribution in [0.25, 0.3) is 0 Å². The van der Waals surface area contributed by atoms with Crippen molar-refractivity contribution in [1.82, 2.24) is 6.15 Å². The molecule has 0 aromatic heterocycles. The number of amides is 2. The van der Waals surface area contributed by atoms with Gasteiger partial charge < -0.3 is 63.7 Å². The van der Waals surface area contributed by atoms with Crippen LogP contribution in [0.5, 0.6) is 17.2 Å². The predicted molar refractivity (Wildman–Crippen MR) is 260 cm³/mol. The zero-order valence-electron chi connectivity index (χ0n) is 41.8. The molecule has 0 saturated heterocycles. The van der Waals surface area contributed by atoms with Gasteiger partial charge in [0.2, 0.25) is 11.5 Å². The molecule has 23 nitrogen and oxygen atoms in total. The number of carbonyl (C=O) groups is 4. The molecule has 0 bridgehead atoms. The summed E-state index contributed by atoms with van der Waals surface area (Å²) < 4.78 is 28.1. The second kappa shape index (κ2) is 35.0. The monoisotopic (exact) mass is 1080 g/mol. The maximum Gasteiger partial charge on any atom is 0.411 e. The third kappa shape index (κ3) is 26.8. The van der Waals surface area contributed by atoms with Gasteiger partial charge in [-0.1, -0.05) is 62.3 Å². The number of carbonyl (C=O) groups excluding carboxylic acids is 3. The van der Waals surface area contributed by atoms with E-state index in [1.165, 1.54) is 54.8 Å². The first-order valence-electron chi connectivity index (χ1n) is 19.0. The quantitative estimate of drug-likeness (QED) is 0.0169. The molecule has 0 aliphatic rings. The van der Waals surface area contributed by atoms with E-state index >= 15 is 0 Å². The molecule has 0 aliphatic heterocycles. The number of nitrogens with one attached hydrogen (secondary N) is 2. The van der Waals surface area contributed by atoms with E-state index in [0.717, 1.165) is 11.1 Å². The molecule has 0 radical (unpaired) electrons. The molecule has 68 heavy (non-hydrogen) atoms. The van der Waals surface area contributed by atoms with Gasteiger partial charge in [0.05, 0.1) is 75.3 Å². The van der Waals surface area contributed by atoms with Gasteiger partial charge in [0.25, 0.3) is 6.47 Å². The van der Waals surface area contributed by atoms with Gasteiger partial charge in [-0.05, 0) is 64.1 Å². The van der Waals surface area contributed by atoms with Crippen LogP contribution in [0, 0.1) is 27.7 Å². The third-order valence-electron chi connectivity index (χ3n) is 7.89. The second-order valence-electron chi connectivity index (χ2n) is 15.7. The van der Waals surface area contributed by atoms with E-state index in [4.69, 9.17) is 40.7 Å². The number of benzene rings is 3. The summed E-state index contributed by atoms with van der Waals surface area (Å²) in [4.78, 5) is 61.3. The number of hydrogen-bond donors (Lipinski definition) is 7. The maximum absolute atomic E-state index is 11.3. The van der Waals surface area contributed by atoms with Crippen molar-refractivity contribution in [3.8, 4) is 17.2 Å². The number of aliphatic hydroxyl groups is 1. The average Bonchev–Trinajstić information content (AvgIpc) is 3.20. The first-order valence-corrected chi connectivity index (χ1v) is 19.3. The van der Waals surface area contributed by atoms with Crippen molar-refractivity contribution in [2.75, 3.05) is 71.4 Å². The minimum Gasteiger partial charge on any atom is -0.492 e. The summed E-state index contributed by atoms with van der Waals surface area (Å²) in [6, 6.07) is 10.00. The Morgan fingerprint density at radius 3 is 1.15 bits per heavy atom. The van der Waals surface area contributed by atoms with Crippen molar-refractivity contribution >= 4 is 69.8 Å². The predicted octanol–water partition coefficient (Wildman–Crippen LogP) is 9.62. The van der Waals surface area contributed by atoms with Crippen LogP contribution in [0.1, 0.15) is 85.9 Å². The smallest absolute Gasteiger partial charge is 0.411 e. The zero-order valence-corrected chi connectivity index (χ0v) is 44.1. The molecule has 3 rings (SSSR count). The molecule has 11 N–H and O–H groups in total. The number of nitro benzene ring substituents is 2. The minimum absolute atomic E-state index is 0. The Kier molecular flexibility index (Phi) is 37.8. The van der Waals surface area contributed by atoms with Crippen LogP contribution in [0.3, 0.4) is 0 Å². The number of nitrogen functional groups attached to an aromatic ring is 2. The number of rotatable bonds is 7. The first-order chi connectivity index (χ1) is 29.9. The van der Waals surface area contributed by atoms with Gasteiger partial charge in [0.1, 0.15) is 0 Å². The second-order valence-corrected chi connectivity index (χ2v) is 16.0. The average molecular weight is 1080 g/mol. The normalized spacial score (nSPS) is 9.68. The van der Waals surface area contributed by atoms with Gasteiger partial charge in [0.15, 0.2) is 5.75 Å². The summed E-state index contributed by atoms with van der Waals surface area (Å²) in [5.41, 5.74) is 14.0. The molecular formula is C43H71ClN7O16Pd-. The molecule has 0 fully saturated rings. The fourth-order valence-corrected chi connectivity index (χ4v) is 4.64. The number of aliphatic hydroxyl groups excluding tert-OH is 1. The Morgan fingerprint density at radius 1 is 0.647 bits per heavy atom. The largest absolute Gasteiger partial charge is 0.492 e. The van der Waals surface area contributed by atoms with Gasteiger partial charge in [-0.2, -0.15) is 0 Å². The number of nitrogens with zero attached hydrogens (tertiary/aromatic N) is 2. The number of nitrogens with two attached hydrogens (primary N) is 2. The van der Waals surface area contributed by atoms with E-state index in [1.807, 2.05) is 53.7 Å². The standard InChI is InChI=1S/C13H18N2O5.C13H20N2O3.C11H16N2O3.C2H3ClO2.C2H6O.CH2O2.CH3.H3N.Pd/c1-13(2,3)8-6-9(14-12(16)20-5)11(19-4)10(7-8)15(17)18;1-13(2,3)8-6-9(14)11(17-4)10(7-8)15-12(16)18-5;1-11(2,3)7-5-8(12)10(16-4)9(6-7)13(14)15;1-5-2(3)4;1-2-3;2-1-3;;;/h6-7H,1-5H3,(H,14,16);6-7H,14H2,1-5H3,(H,15,16);5-6H,12H2,1-4H3;1H3;3H,2H2,1H3;1H,(H,2,3);2*1H3;/q;;;;;;-1;;. The van der Waals surface area contributed by atoms with Crippen molar-refractivity contribution in [3.63, 3.8) is 0 Å². The van der Waals surface area contributed by atoms with Gasteiger partial charge in [0, 0.05) is 50.8 Å². The van der Waals surface area contributed by atoms with Crippen molar-refractivity contribution in [1.29, 1.82) is 0 Å². The third-order valence-corrected chi connectivity index (χ3v) is 8.05. The van der Waals surface area contributed by atoms with Crippen LogP contribution in [-0.2, 0) is 55.7 Å². The molecule has 392 valence electrons. The molecule has 0 heterocycles. The number of hydrogen-bond acceptors (Lipinski definition) is 18. The Balaban J connectivity index is -0.000000187. The topological polar surface area (TPSA) is 362 Å². The molecule has 0 unspecified atom stereocenters. The zero-order chi connectivity index (χ0) is 51.6. The van der Waals surface area contributed by atoms with Crippen LogP contribution in [0.4, 0.5) is 48.5 Å². The Morgan fingerprint density at radius 2 is 0.897 bits per heavy atom. The Hall–Kier alpha value is -6.19. The molecule has 0 aliphatic carbocycles. The fraction of sp³-hybridized carbons (Fsp3) is 0.465. The molecule has 0 atom stereocenters. The molecule has 3 aromatic carbocycles. The number of carboxylic acid groups (broad SMARTS) is 1. The van der Waals surface area contributed by atoms with E-state index in [-0.39, 0.29) is 91.9 Å². The number of halogens is 1. The first kappa shape index (κ1) is 73.4. The van der Waals surface area contributed by atoms with Crippen LogP contribution in [0.15, 0.2) is 36.4 Å². The number of anilines is 4. The summed E-state index contributed by atoms with van der Waals surface area (Å²) in [6.07, 6.45) is -1.28. The summed E-state index contributed by atoms with van der Waals surface area (Å²) in [7, 11) is 7.92. The molecule has 0 spiro atoms. The van der Waals surface area contributed by atoms with E-state index in [9.17, 15) is 34.6 Å². The summed E-state index contributed by atoms with van der Waals surface area (Å²) in [6.45, 7) is 19.5. The summed E-state index contributed by atoms with van der Waals surface area (Å²) in [5.74, 6) is 0.555. The molecular weight excluding hydrogens is 1010 g/mol. The van der Waals surface area contributed by atoms with E-state index in [2.05, 4.69) is 57.2 Å². The summed E-state index contributed by atoms with van der Waals surface area (Å²) in [5, 5.41) is 41.5. The van der Waals surface area contributed by atoms with E-state index in [1.54, 1.807) is 19.1 Å². The van der Waals surface area contributed by atoms with Crippen molar-refractivity contribution in [2.24, 2.45) is 0 Å². The SMILES string of the molecule is CCO.COC(=O)Cl.COC(=O)Nc1cc(C(C)(C)C)cc(N)c1OC.COC(=O)Nc1cc(C(C)(C)C)cc([N+](=O)[O-])c1OC.COc1c(N)cc(C(C)(C)C)cc1[N+](=O)[O-].N.O=CO.[CH3-].[Pd]. The maximum atomic E-state index is 11.3. The van der Waals surface area contributed by atoms with E-state index < -0.39 is 27.5 Å². The van der Waals surface area contributed by atoms with Gasteiger partial charge >= 0.3 is 29.0 Å². The van der Waals surface area contributed by atoms with Crippen LogP contribution in [0.2, 0.25) is 0 Å². The Labute approximate surface area is 417 Å². The molecule has 3 aromatic rings. The van der Waals surface area contributed by atoms with Crippen molar-refractivity contribution in [3.05, 3.63) is 80.7 Å². The van der Waals surface area contributed by atoms with Crippen molar-refractivity contribution < 1.29 is 88.1 Å². The number of methoxy groups -OCH3 is 6. The number of nitro groups is 2. The number of ether oxygens (including phenoxy) is 6. The van der Waals surface area contributed by atoms with Crippen LogP contribution < -0.4 is 42.5 Å². The minimum atomic E-state index is -0.773. The van der Waals surface area contributed by atoms with Crippen LogP contribution in [-0.4, -0.2) is 93.4 Å². The Bertz CT molecular complexity index is 2040. The fourth-order valence-electron chi connectivity index (χ4n) is 4.64. The van der Waals surface area contributed by atoms with Gasteiger partial charge in [-0.25, -0.2) is 14.4 Å². The van der Waals surface area contributed by atoms with Gasteiger partial charge in [-0.15, -0.1) is 0 Å². The molecule has 25 heteroatoms. The van der Waals surface area contributed by atoms with Crippen molar-refractivity contribution in [2.45, 2.75) is 85.5 Å².